The van der Waals surface area contributed by atoms with Crippen molar-refractivity contribution in [3.05, 3.63) is 84.2 Å². The van der Waals surface area contributed by atoms with Crippen molar-refractivity contribution in [3.63, 3.8) is 0 Å². The first kappa shape index (κ1) is 26.2. The summed E-state index contributed by atoms with van der Waals surface area (Å²) in [7, 11) is 3.17. The standard InChI is InChI=1S/C27H24N6O4S2/c1-36-19-11-7-17(8-12-19)25(35)28-15-23-31-32-27(33(23)18-9-13-20(37-2)14-10-18)38-16-24(34)30-26-29-21-5-3-4-6-22(21)39-26/h3-14H,15-16H2,1-2H3,(H,28,35)(H,29,30,34). The number of nitrogens with zero attached hydrogens (tertiary/aromatic N) is 4. The highest BCUT2D eigenvalue weighted by Crippen LogP contribution is 2.27. The molecule has 0 saturated heterocycles. The van der Waals surface area contributed by atoms with Gasteiger partial charge in [-0.25, -0.2) is 4.98 Å². The molecule has 2 N–H and O–H groups in total. The number of fused-ring (bicyclic) bond motifs is 1. The molecular weight excluding hydrogens is 536 g/mol. The van der Waals surface area contributed by atoms with Crippen LogP contribution in [0.2, 0.25) is 0 Å². The molecule has 2 aromatic heterocycles. The lowest BCUT2D eigenvalue weighted by Crippen LogP contribution is -2.24. The molecular formula is C27H24N6O4S2. The summed E-state index contributed by atoms with van der Waals surface area (Å²) in [5.74, 6) is 1.51. The van der Waals surface area contributed by atoms with Crippen LogP contribution in [0.1, 0.15) is 16.2 Å². The lowest BCUT2D eigenvalue weighted by molar-refractivity contribution is -0.113. The maximum Gasteiger partial charge on any atom is 0.251 e. The summed E-state index contributed by atoms with van der Waals surface area (Å²) >= 11 is 2.66. The summed E-state index contributed by atoms with van der Waals surface area (Å²) in [5.41, 5.74) is 2.10. The summed E-state index contributed by atoms with van der Waals surface area (Å²) in [6.45, 7) is 0.127. The number of carbonyl (C=O) groups is 2. The molecule has 2 heterocycles. The van der Waals surface area contributed by atoms with Gasteiger partial charge in [0.15, 0.2) is 16.1 Å². The van der Waals surface area contributed by atoms with Crippen LogP contribution in [0.3, 0.4) is 0 Å². The third-order valence-electron chi connectivity index (χ3n) is 5.66. The number of hydrogen-bond donors (Lipinski definition) is 2. The van der Waals surface area contributed by atoms with Crippen LogP contribution < -0.4 is 20.1 Å². The van der Waals surface area contributed by atoms with Crippen LogP contribution in [0.25, 0.3) is 15.9 Å². The number of thioether (sulfide) groups is 1. The number of methoxy groups -OCH3 is 2. The van der Waals surface area contributed by atoms with Gasteiger partial charge in [0.1, 0.15) is 11.5 Å². The highest BCUT2D eigenvalue weighted by Gasteiger charge is 2.18. The van der Waals surface area contributed by atoms with Gasteiger partial charge in [0, 0.05) is 11.3 Å². The summed E-state index contributed by atoms with van der Waals surface area (Å²) in [6.07, 6.45) is 0. The Hall–Kier alpha value is -4.42. The van der Waals surface area contributed by atoms with E-state index in [-0.39, 0.29) is 24.1 Å². The van der Waals surface area contributed by atoms with Crippen molar-refractivity contribution in [2.24, 2.45) is 0 Å². The van der Waals surface area contributed by atoms with Crippen molar-refractivity contribution in [2.45, 2.75) is 11.7 Å². The highest BCUT2D eigenvalue weighted by molar-refractivity contribution is 7.99. The van der Waals surface area contributed by atoms with Gasteiger partial charge in [-0.3, -0.25) is 14.2 Å². The van der Waals surface area contributed by atoms with E-state index in [1.807, 2.05) is 53.1 Å². The first-order valence-corrected chi connectivity index (χ1v) is 13.6. The fourth-order valence-electron chi connectivity index (χ4n) is 3.71. The van der Waals surface area contributed by atoms with Crippen LogP contribution in [0, 0.1) is 0 Å². The normalized spacial score (nSPS) is 10.8. The SMILES string of the molecule is COc1ccc(C(=O)NCc2nnc(SCC(=O)Nc3nc4ccccc4s3)n2-c2ccc(OC)cc2)cc1. The van der Waals surface area contributed by atoms with E-state index in [2.05, 4.69) is 25.8 Å². The van der Waals surface area contributed by atoms with Crippen LogP contribution in [0.4, 0.5) is 5.13 Å². The minimum Gasteiger partial charge on any atom is -0.497 e. The topological polar surface area (TPSA) is 120 Å². The predicted octanol–water partition coefficient (Wildman–Crippen LogP) is 4.56. The van der Waals surface area contributed by atoms with Gasteiger partial charge < -0.3 is 20.1 Å². The molecule has 0 aliphatic rings. The van der Waals surface area contributed by atoms with Gasteiger partial charge in [-0.15, -0.1) is 10.2 Å². The molecule has 0 bridgehead atoms. The second-order valence-corrected chi connectivity index (χ2v) is 10.1. The molecule has 0 radical (unpaired) electrons. The van der Waals surface area contributed by atoms with Crippen molar-refractivity contribution in [3.8, 4) is 17.2 Å². The maximum atomic E-state index is 12.7. The molecule has 0 saturated carbocycles. The van der Waals surface area contributed by atoms with Crippen molar-refractivity contribution >= 4 is 50.3 Å². The molecule has 12 heteroatoms. The van der Waals surface area contributed by atoms with Crippen molar-refractivity contribution in [1.29, 1.82) is 0 Å². The number of aromatic nitrogens is 4. The average Bonchev–Trinajstić information content (AvgIpc) is 3.58. The number of thiazole rings is 1. The number of rotatable bonds is 10. The fraction of sp³-hybridized carbons (Fsp3) is 0.148. The van der Waals surface area contributed by atoms with Crippen LogP contribution in [0.15, 0.2) is 78.0 Å². The van der Waals surface area contributed by atoms with Gasteiger partial charge in [0.2, 0.25) is 5.91 Å². The average molecular weight is 561 g/mol. The number of benzene rings is 3. The summed E-state index contributed by atoms with van der Waals surface area (Å²) < 4.78 is 13.2. The van der Waals surface area contributed by atoms with Gasteiger partial charge in [-0.1, -0.05) is 35.2 Å². The van der Waals surface area contributed by atoms with Gasteiger partial charge in [0.05, 0.1) is 36.7 Å². The first-order chi connectivity index (χ1) is 19.0. The molecule has 0 aliphatic carbocycles. The monoisotopic (exact) mass is 560 g/mol. The largest absolute Gasteiger partial charge is 0.497 e. The zero-order chi connectivity index (χ0) is 27.2. The molecule has 0 fully saturated rings. The molecule has 5 rings (SSSR count). The minimum absolute atomic E-state index is 0.0996. The van der Waals surface area contributed by atoms with E-state index in [9.17, 15) is 9.59 Å². The molecule has 0 unspecified atom stereocenters. The summed E-state index contributed by atoms with van der Waals surface area (Å²) in [6, 6.07) is 21.9. The zero-order valence-corrected chi connectivity index (χ0v) is 22.7. The Balaban J connectivity index is 1.31. The van der Waals surface area contributed by atoms with Gasteiger partial charge in [0.25, 0.3) is 5.91 Å². The number of anilines is 1. The Morgan fingerprint density at radius 2 is 1.62 bits per heavy atom. The van der Waals surface area contributed by atoms with E-state index in [4.69, 9.17) is 9.47 Å². The van der Waals surface area contributed by atoms with E-state index in [0.29, 0.717) is 33.2 Å². The molecule has 39 heavy (non-hydrogen) atoms. The number of carbonyl (C=O) groups excluding carboxylic acids is 2. The Kier molecular flexibility index (Phi) is 8.04. The number of amides is 2. The van der Waals surface area contributed by atoms with E-state index >= 15 is 0 Å². The van der Waals surface area contributed by atoms with Crippen LogP contribution in [-0.4, -0.2) is 51.5 Å². The Morgan fingerprint density at radius 3 is 2.31 bits per heavy atom. The molecule has 0 atom stereocenters. The molecule has 0 aliphatic heterocycles. The van der Waals surface area contributed by atoms with Crippen molar-refractivity contribution in [2.75, 3.05) is 25.3 Å². The van der Waals surface area contributed by atoms with Gasteiger partial charge >= 0.3 is 0 Å². The summed E-state index contributed by atoms with van der Waals surface area (Å²) in [5, 5.41) is 15.4. The van der Waals surface area contributed by atoms with Crippen molar-refractivity contribution in [1.82, 2.24) is 25.1 Å². The molecule has 10 nitrogen and oxygen atoms in total. The van der Waals surface area contributed by atoms with Crippen LogP contribution in [0.5, 0.6) is 11.5 Å². The Morgan fingerprint density at radius 1 is 0.923 bits per heavy atom. The highest BCUT2D eigenvalue weighted by atomic mass is 32.2. The fourth-order valence-corrected chi connectivity index (χ4v) is 5.37. The molecule has 5 aromatic rings. The third kappa shape index (κ3) is 6.19. The van der Waals surface area contributed by atoms with E-state index in [1.54, 1.807) is 38.5 Å². The van der Waals surface area contributed by atoms with Gasteiger partial charge in [-0.05, 0) is 60.7 Å². The zero-order valence-electron chi connectivity index (χ0n) is 21.1. The number of ether oxygens (including phenoxy) is 2. The number of hydrogen-bond acceptors (Lipinski definition) is 9. The quantitative estimate of drug-likeness (QED) is 0.239. The summed E-state index contributed by atoms with van der Waals surface area (Å²) in [4.78, 5) is 29.9. The van der Waals surface area contributed by atoms with Gasteiger partial charge in [-0.2, -0.15) is 0 Å². The Labute approximate surface area is 232 Å². The van der Waals surface area contributed by atoms with Crippen LogP contribution in [-0.2, 0) is 11.3 Å². The third-order valence-corrected chi connectivity index (χ3v) is 7.54. The van der Waals surface area contributed by atoms with Crippen LogP contribution >= 0.6 is 23.1 Å². The predicted molar refractivity (Wildman–Crippen MR) is 151 cm³/mol. The van der Waals surface area contributed by atoms with Crippen molar-refractivity contribution < 1.29 is 19.1 Å². The maximum absolute atomic E-state index is 12.7. The lowest BCUT2D eigenvalue weighted by atomic mass is 10.2. The minimum atomic E-state index is -0.258. The van der Waals surface area contributed by atoms with E-state index < -0.39 is 0 Å². The molecule has 0 spiro atoms. The molecule has 2 amide bonds. The molecule has 3 aromatic carbocycles. The van der Waals surface area contributed by atoms with E-state index in [1.165, 1.54) is 23.1 Å². The lowest BCUT2D eigenvalue weighted by Gasteiger charge is -2.12. The Bertz CT molecular complexity index is 1570. The van der Waals surface area contributed by atoms with E-state index in [0.717, 1.165) is 15.9 Å². The smallest absolute Gasteiger partial charge is 0.251 e. The second kappa shape index (κ2) is 12.0. The number of para-hydroxylation sites is 1. The molecule has 198 valence electrons. The first-order valence-electron chi connectivity index (χ1n) is 11.8. The number of nitrogens with one attached hydrogen (secondary N) is 2. The second-order valence-electron chi connectivity index (χ2n) is 8.17.